The fourth-order valence-corrected chi connectivity index (χ4v) is 0. The molecule has 4 heavy (non-hydrogen) atoms. The van der Waals surface area contributed by atoms with Crippen LogP contribution >= 0.6 is 0 Å². The largest absolute Gasteiger partial charge is 2.00 e. The molecule has 0 rings (SSSR count). The third-order valence-electron chi connectivity index (χ3n) is 0. The van der Waals surface area contributed by atoms with Crippen LogP contribution in [0.15, 0.2) is 0 Å². The van der Waals surface area contributed by atoms with E-state index in [0.717, 1.165) is 0 Å². The normalized spacial score (nSPS) is 0. The second-order valence-electron chi connectivity index (χ2n) is 0. The van der Waals surface area contributed by atoms with Gasteiger partial charge in [0.15, 0.2) is 0 Å². The third-order valence-corrected chi connectivity index (χ3v) is 0. The molecule has 0 bridgehead atoms. The summed E-state index contributed by atoms with van der Waals surface area (Å²) >= 11 is 0. The van der Waals surface area contributed by atoms with Crippen molar-refractivity contribution < 1.29 is 32.7 Å². The van der Waals surface area contributed by atoms with Crippen LogP contribution in [0.5, 0.6) is 0 Å². The van der Waals surface area contributed by atoms with Crippen molar-refractivity contribution in [2.24, 2.45) is 0 Å². The Balaban J connectivity index is 0. The van der Waals surface area contributed by atoms with Crippen LogP contribution in [-0.4, -0.2) is 11.0 Å². The molecule has 4 N–H and O–H groups in total. The zero-order valence-electron chi connectivity index (χ0n) is 1.68. The average molecular weight is 119 g/mol. The van der Waals surface area contributed by atoms with Gasteiger partial charge < -0.3 is 15.7 Å². The topological polar surface area (TPSA) is 63.0 Å². The number of hydrogen-bond donors (Lipinski definition) is 0. The van der Waals surface area contributed by atoms with Crippen LogP contribution < -0.4 is 4.70 Å². The Morgan fingerprint density at radius 3 is 0.750 bits per heavy atom. The number of halogens is 1. The second-order valence-corrected chi connectivity index (χ2v) is 0. The van der Waals surface area contributed by atoms with Crippen LogP contribution in [0.1, 0.15) is 0 Å². The monoisotopic (exact) mass is 118 g/mol. The molecule has 0 aliphatic rings. The Kier molecular flexibility index (Phi) is 12600. The first-order chi connectivity index (χ1) is 0. The van der Waals surface area contributed by atoms with Crippen molar-refractivity contribution in [3.05, 3.63) is 0 Å². The van der Waals surface area contributed by atoms with Crippen LogP contribution in [0.3, 0.4) is 0 Å². The SMILES string of the molecule is O.O.[Cu+2].[F-]. The second kappa shape index (κ2) is 139. The van der Waals surface area contributed by atoms with Gasteiger partial charge in [-0.2, -0.15) is 0 Å². The summed E-state index contributed by atoms with van der Waals surface area (Å²) in [5.41, 5.74) is 0. The Morgan fingerprint density at radius 2 is 0.750 bits per heavy atom. The fourth-order valence-electron chi connectivity index (χ4n) is 0. The van der Waals surface area contributed by atoms with Gasteiger partial charge in [-0.05, 0) is 0 Å². The van der Waals surface area contributed by atoms with Crippen molar-refractivity contribution in [2.45, 2.75) is 0 Å². The van der Waals surface area contributed by atoms with Crippen LogP contribution in [-0.2, 0) is 17.1 Å². The Labute approximate surface area is 33.7 Å². The maximum Gasteiger partial charge on any atom is 2.00 e. The van der Waals surface area contributed by atoms with Crippen molar-refractivity contribution in [2.75, 3.05) is 0 Å². The van der Waals surface area contributed by atoms with Crippen LogP contribution in [0.2, 0.25) is 0 Å². The van der Waals surface area contributed by atoms with E-state index in [4.69, 9.17) is 0 Å². The molecule has 0 aliphatic heterocycles. The zero-order chi connectivity index (χ0) is 0. The molecule has 33 valence electrons. The molecule has 0 atom stereocenters. The summed E-state index contributed by atoms with van der Waals surface area (Å²) in [5.74, 6) is 0. The van der Waals surface area contributed by atoms with E-state index in [-0.39, 0.29) is 32.7 Å². The molecule has 0 amide bonds. The Hall–Kier alpha value is 0.369. The van der Waals surface area contributed by atoms with Gasteiger partial charge in [-0.15, -0.1) is 0 Å². The van der Waals surface area contributed by atoms with E-state index in [1.807, 2.05) is 0 Å². The van der Waals surface area contributed by atoms with Gasteiger partial charge in [0, 0.05) is 0 Å². The minimum absolute atomic E-state index is 0. The molecule has 2 nitrogen and oxygen atoms in total. The molecule has 0 aromatic heterocycles. The first kappa shape index (κ1) is 363. The fraction of sp³-hybridized carbons (Fsp3) is 0. The first-order valence-electron chi connectivity index (χ1n) is 0. The molecule has 0 saturated heterocycles. The van der Waals surface area contributed by atoms with E-state index in [1.165, 1.54) is 0 Å². The van der Waals surface area contributed by atoms with Crippen molar-refractivity contribution in [3.8, 4) is 0 Å². The summed E-state index contributed by atoms with van der Waals surface area (Å²) < 4.78 is 0. The summed E-state index contributed by atoms with van der Waals surface area (Å²) in [5, 5.41) is 0. The maximum absolute atomic E-state index is 0. The molecule has 0 saturated carbocycles. The van der Waals surface area contributed by atoms with Crippen LogP contribution in [0.4, 0.5) is 0 Å². The van der Waals surface area contributed by atoms with Gasteiger partial charge in [-0.1, -0.05) is 0 Å². The summed E-state index contributed by atoms with van der Waals surface area (Å²) in [4.78, 5) is 0. The Morgan fingerprint density at radius 1 is 0.750 bits per heavy atom. The first-order valence-corrected chi connectivity index (χ1v) is 0. The molecule has 0 spiro atoms. The number of hydrogen-bond acceptors (Lipinski definition) is 0. The molecule has 0 aliphatic carbocycles. The maximum atomic E-state index is 0. The predicted molar refractivity (Wildman–Crippen MR) is 7.23 cm³/mol. The van der Waals surface area contributed by atoms with Crippen LogP contribution in [0, 0.1) is 0 Å². The molecule has 0 fully saturated rings. The van der Waals surface area contributed by atoms with E-state index in [0.29, 0.717) is 0 Å². The van der Waals surface area contributed by atoms with Gasteiger partial charge in [0.25, 0.3) is 0 Å². The van der Waals surface area contributed by atoms with Gasteiger partial charge in [0.05, 0.1) is 0 Å². The van der Waals surface area contributed by atoms with Gasteiger partial charge in [0.1, 0.15) is 0 Å². The predicted octanol–water partition coefficient (Wildman–Crippen LogP) is -4.65. The summed E-state index contributed by atoms with van der Waals surface area (Å²) in [6.45, 7) is 0. The molecule has 0 aromatic rings. The molecule has 0 unspecified atom stereocenters. The van der Waals surface area contributed by atoms with Crippen LogP contribution in [0.25, 0.3) is 0 Å². The van der Waals surface area contributed by atoms with Crippen molar-refractivity contribution >= 4 is 0 Å². The Bertz CT molecular complexity index is 6.00. The van der Waals surface area contributed by atoms with Crippen molar-refractivity contribution in [1.82, 2.24) is 0 Å². The van der Waals surface area contributed by atoms with Gasteiger partial charge in [-0.3, -0.25) is 0 Å². The van der Waals surface area contributed by atoms with Gasteiger partial charge >= 0.3 is 17.1 Å². The smallest absolute Gasteiger partial charge is 1.00 e. The molecule has 1 radical (unpaired) electrons. The van der Waals surface area contributed by atoms with Crippen molar-refractivity contribution in [3.63, 3.8) is 0 Å². The van der Waals surface area contributed by atoms with E-state index in [2.05, 4.69) is 0 Å². The molecular weight excluding hydrogens is 115 g/mol. The number of rotatable bonds is 0. The summed E-state index contributed by atoms with van der Waals surface area (Å²) in [7, 11) is 0. The quantitative estimate of drug-likeness (QED) is 0.287. The molecule has 4 heteroatoms. The van der Waals surface area contributed by atoms with Crippen molar-refractivity contribution in [1.29, 1.82) is 0 Å². The van der Waals surface area contributed by atoms with E-state index < -0.39 is 0 Å². The summed E-state index contributed by atoms with van der Waals surface area (Å²) in [6.07, 6.45) is 0. The standard InChI is InChI=1S/Cu.FH.2H2O/h;1H;2*1H2/q+2;;;/p-1. The summed E-state index contributed by atoms with van der Waals surface area (Å²) in [6, 6.07) is 0. The van der Waals surface area contributed by atoms with E-state index >= 15 is 0 Å². The molecule has 0 heterocycles. The molecular formula is H4CuFO2+. The van der Waals surface area contributed by atoms with Gasteiger partial charge in [0.2, 0.25) is 0 Å². The zero-order valence-corrected chi connectivity index (χ0v) is 2.62. The van der Waals surface area contributed by atoms with E-state index in [1.54, 1.807) is 0 Å². The minimum Gasteiger partial charge on any atom is -1.00 e. The van der Waals surface area contributed by atoms with E-state index in [9.17, 15) is 0 Å². The minimum atomic E-state index is 0. The van der Waals surface area contributed by atoms with Gasteiger partial charge in [-0.25, -0.2) is 0 Å². The average Bonchev–Trinajstić information content (AvgIpc) is 0. The molecule has 0 aromatic carbocycles. The third kappa shape index (κ3) is 32.6.